The van der Waals surface area contributed by atoms with Crippen molar-refractivity contribution >= 4 is 11.1 Å². The van der Waals surface area contributed by atoms with E-state index in [0.29, 0.717) is 0 Å². The lowest BCUT2D eigenvalue weighted by molar-refractivity contribution is 0.560. The van der Waals surface area contributed by atoms with Crippen LogP contribution in [0.4, 0.5) is 0 Å². The molecule has 0 aliphatic heterocycles. The van der Waals surface area contributed by atoms with Crippen molar-refractivity contribution in [3.05, 3.63) is 6.20 Å². The first-order valence-corrected chi connectivity index (χ1v) is 4.35. The average Bonchev–Trinajstić information content (AvgIpc) is 2.37. The van der Waals surface area contributed by atoms with Gasteiger partial charge < -0.3 is 4.55 Å². The predicted octanol–water partition coefficient (Wildman–Crippen LogP) is 0.269. The average molecular weight is 175 g/mol. The van der Waals surface area contributed by atoms with E-state index >= 15 is 0 Å². The molecule has 0 amide bonds. The molecule has 11 heavy (non-hydrogen) atoms. The van der Waals surface area contributed by atoms with Crippen LogP contribution in [0, 0.1) is 0 Å². The Morgan fingerprint density at radius 2 is 2.55 bits per heavy atom. The number of hydrogen-bond acceptors (Lipinski definition) is 3. The van der Waals surface area contributed by atoms with E-state index in [1.807, 2.05) is 6.92 Å². The molecule has 0 aliphatic rings. The van der Waals surface area contributed by atoms with Gasteiger partial charge in [-0.2, -0.15) is 0 Å². The first-order chi connectivity index (χ1) is 5.24. The summed E-state index contributed by atoms with van der Waals surface area (Å²) in [4.78, 5) is 0. The largest absolute Gasteiger partial charge is 0.301 e. The summed E-state index contributed by atoms with van der Waals surface area (Å²) in [6.45, 7) is 2.72. The monoisotopic (exact) mass is 175 g/mol. The molecule has 0 aliphatic carbocycles. The van der Waals surface area contributed by atoms with Crippen molar-refractivity contribution in [3.8, 4) is 0 Å². The van der Waals surface area contributed by atoms with Gasteiger partial charge in [0.05, 0.1) is 6.20 Å². The molecule has 0 spiro atoms. The summed E-state index contributed by atoms with van der Waals surface area (Å²) in [5.41, 5.74) is 0. The SMILES string of the molecule is CCCn1cc(S(=O)O)nn1. The van der Waals surface area contributed by atoms with Gasteiger partial charge in [-0.15, -0.1) is 5.10 Å². The Morgan fingerprint density at radius 1 is 1.82 bits per heavy atom. The number of aromatic nitrogens is 3. The summed E-state index contributed by atoms with van der Waals surface area (Å²) < 4.78 is 20.5. The summed E-state index contributed by atoms with van der Waals surface area (Å²) in [5.74, 6) is 0. The van der Waals surface area contributed by atoms with Crippen molar-refractivity contribution in [2.45, 2.75) is 24.9 Å². The molecular formula is C5H9N3O2S. The van der Waals surface area contributed by atoms with E-state index in [1.54, 1.807) is 4.68 Å². The molecule has 5 nitrogen and oxygen atoms in total. The van der Waals surface area contributed by atoms with E-state index in [0.717, 1.165) is 13.0 Å². The van der Waals surface area contributed by atoms with Crippen molar-refractivity contribution in [1.82, 2.24) is 15.0 Å². The highest BCUT2D eigenvalue weighted by Crippen LogP contribution is 1.97. The van der Waals surface area contributed by atoms with Gasteiger partial charge in [0.25, 0.3) is 0 Å². The van der Waals surface area contributed by atoms with Gasteiger partial charge in [0.1, 0.15) is 0 Å². The van der Waals surface area contributed by atoms with Crippen molar-refractivity contribution in [2.24, 2.45) is 0 Å². The molecule has 1 unspecified atom stereocenters. The zero-order valence-electron chi connectivity index (χ0n) is 6.10. The molecule has 0 aromatic carbocycles. The lowest BCUT2D eigenvalue weighted by Crippen LogP contribution is -1.96. The number of aryl methyl sites for hydroxylation is 1. The first-order valence-electron chi connectivity index (χ1n) is 3.25. The third-order valence-corrected chi connectivity index (χ3v) is 1.69. The molecule has 62 valence electrons. The molecule has 1 aromatic rings. The molecule has 0 radical (unpaired) electrons. The van der Waals surface area contributed by atoms with Crippen LogP contribution in [0.25, 0.3) is 0 Å². The molecule has 0 fully saturated rings. The maximum atomic E-state index is 10.4. The molecule has 1 aromatic heterocycles. The van der Waals surface area contributed by atoms with Crippen LogP contribution in [0.3, 0.4) is 0 Å². The van der Waals surface area contributed by atoms with Crippen molar-refractivity contribution in [3.63, 3.8) is 0 Å². The molecule has 1 rings (SSSR count). The van der Waals surface area contributed by atoms with Crippen LogP contribution in [0.15, 0.2) is 11.2 Å². The second kappa shape index (κ2) is 3.59. The van der Waals surface area contributed by atoms with E-state index < -0.39 is 11.1 Å². The highest BCUT2D eigenvalue weighted by Gasteiger charge is 2.04. The molecule has 0 saturated carbocycles. The summed E-state index contributed by atoms with van der Waals surface area (Å²) in [5, 5.41) is 7.25. The molecule has 0 saturated heterocycles. The third-order valence-electron chi connectivity index (χ3n) is 1.15. The van der Waals surface area contributed by atoms with Gasteiger partial charge in [0.15, 0.2) is 5.03 Å². The number of hydrogen-bond donors (Lipinski definition) is 1. The highest BCUT2D eigenvalue weighted by atomic mass is 32.2. The first kappa shape index (κ1) is 8.35. The van der Waals surface area contributed by atoms with E-state index in [2.05, 4.69) is 10.3 Å². The second-order valence-corrected chi connectivity index (χ2v) is 2.99. The Labute approximate surface area is 66.7 Å². The van der Waals surface area contributed by atoms with Crippen molar-refractivity contribution < 1.29 is 8.76 Å². The third kappa shape index (κ3) is 2.09. The van der Waals surface area contributed by atoms with Crippen LogP contribution in [0.1, 0.15) is 13.3 Å². The molecule has 1 atom stereocenters. The smallest absolute Gasteiger partial charge is 0.209 e. The van der Waals surface area contributed by atoms with Crippen LogP contribution in [0.5, 0.6) is 0 Å². The van der Waals surface area contributed by atoms with E-state index in [9.17, 15) is 4.21 Å². The maximum absolute atomic E-state index is 10.4. The van der Waals surface area contributed by atoms with Crippen LogP contribution >= 0.6 is 0 Å². The summed E-state index contributed by atoms with van der Waals surface area (Å²) >= 11 is -2.01. The Kier molecular flexibility index (Phi) is 2.72. The van der Waals surface area contributed by atoms with Crippen molar-refractivity contribution in [1.29, 1.82) is 0 Å². The summed E-state index contributed by atoms with van der Waals surface area (Å²) in [6, 6.07) is 0. The summed E-state index contributed by atoms with van der Waals surface area (Å²) in [6.07, 6.45) is 2.40. The van der Waals surface area contributed by atoms with E-state index in [-0.39, 0.29) is 5.03 Å². The lowest BCUT2D eigenvalue weighted by Gasteiger charge is -1.91. The highest BCUT2D eigenvalue weighted by molar-refractivity contribution is 7.79. The normalized spacial score (nSPS) is 13.3. The van der Waals surface area contributed by atoms with E-state index in [1.165, 1.54) is 6.20 Å². The Balaban J connectivity index is 2.73. The zero-order valence-corrected chi connectivity index (χ0v) is 6.91. The lowest BCUT2D eigenvalue weighted by atomic mass is 10.5. The van der Waals surface area contributed by atoms with Crippen LogP contribution < -0.4 is 0 Å². The summed E-state index contributed by atoms with van der Waals surface area (Å²) in [7, 11) is 0. The molecule has 1 N–H and O–H groups in total. The molecular weight excluding hydrogens is 166 g/mol. The van der Waals surface area contributed by atoms with Gasteiger partial charge in [0.2, 0.25) is 11.1 Å². The Bertz CT molecular complexity index is 260. The van der Waals surface area contributed by atoms with Crippen LogP contribution in [-0.2, 0) is 17.6 Å². The number of rotatable bonds is 3. The minimum Gasteiger partial charge on any atom is -0.301 e. The minimum absolute atomic E-state index is 0.110. The second-order valence-electron chi connectivity index (χ2n) is 2.07. The van der Waals surface area contributed by atoms with Gasteiger partial charge in [-0.1, -0.05) is 12.1 Å². The number of nitrogens with zero attached hydrogens (tertiary/aromatic N) is 3. The molecule has 0 bridgehead atoms. The Morgan fingerprint density at radius 3 is 3.00 bits per heavy atom. The van der Waals surface area contributed by atoms with Gasteiger partial charge in [0, 0.05) is 6.54 Å². The van der Waals surface area contributed by atoms with Gasteiger partial charge in [-0.3, -0.25) is 4.68 Å². The fourth-order valence-electron chi connectivity index (χ4n) is 0.699. The quantitative estimate of drug-likeness (QED) is 0.669. The van der Waals surface area contributed by atoms with Crippen molar-refractivity contribution in [2.75, 3.05) is 0 Å². The van der Waals surface area contributed by atoms with Gasteiger partial charge in [-0.05, 0) is 6.42 Å². The fraction of sp³-hybridized carbons (Fsp3) is 0.600. The zero-order chi connectivity index (χ0) is 8.27. The minimum atomic E-state index is -2.01. The Hall–Kier alpha value is -0.750. The topological polar surface area (TPSA) is 68.0 Å². The van der Waals surface area contributed by atoms with Gasteiger partial charge >= 0.3 is 0 Å². The molecule has 1 heterocycles. The standard InChI is InChI=1S/C5H9N3O2S/c1-2-3-8-4-5(6-7-8)11(9)10/h4H,2-3H2,1H3,(H,9,10). The van der Waals surface area contributed by atoms with Crippen LogP contribution in [0.2, 0.25) is 0 Å². The van der Waals surface area contributed by atoms with E-state index in [4.69, 9.17) is 4.55 Å². The fourth-order valence-corrected chi connectivity index (χ4v) is 1.02. The molecule has 6 heteroatoms. The van der Waals surface area contributed by atoms with Crippen LogP contribution in [-0.4, -0.2) is 23.8 Å². The predicted molar refractivity (Wildman–Crippen MR) is 39.4 cm³/mol. The van der Waals surface area contributed by atoms with Gasteiger partial charge in [-0.25, -0.2) is 4.21 Å². The maximum Gasteiger partial charge on any atom is 0.209 e.